The minimum absolute atomic E-state index is 0.0729. The summed E-state index contributed by atoms with van der Waals surface area (Å²) in [5, 5.41) is 21.4. The normalized spacial score (nSPS) is 12.8. The van der Waals surface area contributed by atoms with Crippen molar-refractivity contribution in [3.8, 4) is 33.8 Å². The highest BCUT2D eigenvalue weighted by Crippen LogP contribution is 2.34. The molecule has 0 aliphatic heterocycles. The molecule has 8 nitrogen and oxygen atoms in total. The molecule has 0 fully saturated rings. The van der Waals surface area contributed by atoms with Crippen LogP contribution in [0.4, 0.5) is 14.5 Å². The number of halogens is 2. The standard InChI is InChI=1S/C30H27F2N7O/c1-30(2,3)13-25(40)35-19-10-17(14-33-15-19)21-11-22-24(12-23(21)32)38-39-27(22)29-36-26-20(7-8-34-28(26)37-29)16-5-4-6-18(31)9-16/h4-12,14-15,25,35,40H,13H2,1-3H3,(H,38,39)(H,34,36,37). The van der Waals surface area contributed by atoms with E-state index in [1.807, 2.05) is 26.8 Å². The topological polar surface area (TPSA) is 115 Å². The van der Waals surface area contributed by atoms with Gasteiger partial charge in [-0.2, -0.15) is 5.10 Å². The first-order valence-electron chi connectivity index (χ1n) is 12.8. The monoisotopic (exact) mass is 539 g/mol. The van der Waals surface area contributed by atoms with Crippen molar-refractivity contribution in [3.63, 3.8) is 0 Å². The lowest BCUT2D eigenvalue weighted by atomic mass is 9.91. The number of pyridine rings is 2. The second kappa shape index (κ2) is 9.80. The molecule has 0 amide bonds. The third kappa shape index (κ3) is 5.01. The largest absolute Gasteiger partial charge is 0.374 e. The number of benzene rings is 2. The van der Waals surface area contributed by atoms with Crippen molar-refractivity contribution < 1.29 is 13.9 Å². The number of fused-ring (bicyclic) bond motifs is 2. The van der Waals surface area contributed by atoms with Crippen LogP contribution < -0.4 is 5.32 Å². The van der Waals surface area contributed by atoms with Crippen LogP contribution in [0.5, 0.6) is 0 Å². The number of aromatic amines is 2. The van der Waals surface area contributed by atoms with Gasteiger partial charge in [0, 0.05) is 40.5 Å². The Hall–Kier alpha value is -4.70. The number of nitrogens with zero attached hydrogens (tertiary/aromatic N) is 4. The maximum Gasteiger partial charge on any atom is 0.160 e. The van der Waals surface area contributed by atoms with E-state index in [1.165, 1.54) is 18.2 Å². The van der Waals surface area contributed by atoms with Gasteiger partial charge in [-0.25, -0.2) is 18.7 Å². The van der Waals surface area contributed by atoms with Crippen molar-refractivity contribution in [3.05, 3.63) is 78.8 Å². The van der Waals surface area contributed by atoms with Gasteiger partial charge in [0.2, 0.25) is 0 Å². The van der Waals surface area contributed by atoms with Crippen LogP contribution in [0, 0.1) is 17.0 Å². The molecule has 6 aromatic rings. The average molecular weight is 540 g/mol. The highest BCUT2D eigenvalue weighted by molar-refractivity contribution is 5.97. The molecule has 4 heterocycles. The van der Waals surface area contributed by atoms with E-state index in [0.29, 0.717) is 62.4 Å². The van der Waals surface area contributed by atoms with Crippen LogP contribution >= 0.6 is 0 Å². The number of nitrogens with one attached hydrogen (secondary N) is 3. The molecule has 0 aliphatic carbocycles. The first-order chi connectivity index (χ1) is 19.1. The van der Waals surface area contributed by atoms with Gasteiger partial charge >= 0.3 is 0 Å². The number of aromatic nitrogens is 6. The number of rotatable bonds is 6. The summed E-state index contributed by atoms with van der Waals surface area (Å²) in [5.74, 6) is -0.353. The third-order valence-corrected chi connectivity index (χ3v) is 6.58. The second-order valence-electron chi connectivity index (χ2n) is 11.0. The van der Waals surface area contributed by atoms with E-state index >= 15 is 4.39 Å². The van der Waals surface area contributed by atoms with E-state index in [9.17, 15) is 9.50 Å². The van der Waals surface area contributed by atoms with Crippen LogP contribution in [0.15, 0.2) is 67.1 Å². The predicted octanol–water partition coefficient (Wildman–Crippen LogP) is 6.67. The highest BCUT2D eigenvalue weighted by atomic mass is 19.1. The van der Waals surface area contributed by atoms with Gasteiger partial charge in [-0.05, 0) is 47.7 Å². The lowest BCUT2D eigenvalue weighted by Gasteiger charge is -2.23. The maximum absolute atomic E-state index is 15.3. The number of aliphatic hydroxyl groups is 1. The minimum atomic E-state index is -0.774. The highest BCUT2D eigenvalue weighted by Gasteiger charge is 2.20. The van der Waals surface area contributed by atoms with Gasteiger partial charge in [-0.3, -0.25) is 10.1 Å². The molecule has 1 atom stereocenters. The van der Waals surface area contributed by atoms with Crippen LogP contribution in [0.3, 0.4) is 0 Å². The summed E-state index contributed by atoms with van der Waals surface area (Å²) in [6.07, 6.45) is 4.55. The summed E-state index contributed by atoms with van der Waals surface area (Å²) in [7, 11) is 0. The molecular weight excluding hydrogens is 512 g/mol. The van der Waals surface area contributed by atoms with Crippen molar-refractivity contribution in [1.82, 2.24) is 30.1 Å². The third-order valence-electron chi connectivity index (χ3n) is 6.58. The van der Waals surface area contributed by atoms with Gasteiger partial charge in [0.1, 0.15) is 29.1 Å². The molecule has 10 heteroatoms. The zero-order valence-electron chi connectivity index (χ0n) is 22.1. The predicted molar refractivity (Wildman–Crippen MR) is 151 cm³/mol. The molecule has 0 spiro atoms. The fourth-order valence-corrected chi connectivity index (χ4v) is 4.84. The molecular formula is C30H27F2N7O. The van der Waals surface area contributed by atoms with Crippen molar-refractivity contribution in [2.75, 3.05) is 5.32 Å². The Kier molecular flexibility index (Phi) is 6.26. The average Bonchev–Trinajstić information content (AvgIpc) is 3.50. The van der Waals surface area contributed by atoms with Crippen LogP contribution in [-0.2, 0) is 0 Å². The number of H-pyrrole nitrogens is 2. The molecule has 0 saturated heterocycles. The molecule has 6 rings (SSSR count). The smallest absolute Gasteiger partial charge is 0.160 e. The van der Waals surface area contributed by atoms with E-state index in [1.54, 1.807) is 42.9 Å². The Balaban J connectivity index is 1.39. The Morgan fingerprint density at radius 2 is 1.85 bits per heavy atom. The Labute approximate surface area is 228 Å². The summed E-state index contributed by atoms with van der Waals surface area (Å²) in [5.41, 5.74) is 4.85. The molecule has 0 saturated carbocycles. The number of anilines is 1. The van der Waals surface area contributed by atoms with Crippen molar-refractivity contribution in [2.24, 2.45) is 5.41 Å². The van der Waals surface area contributed by atoms with Crippen molar-refractivity contribution >= 4 is 27.8 Å². The fraction of sp³-hybridized carbons (Fsp3) is 0.200. The van der Waals surface area contributed by atoms with Gasteiger partial charge in [0.25, 0.3) is 0 Å². The molecule has 40 heavy (non-hydrogen) atoms. The SMILES string of the molecule is CC(C)(C)CC(O)Nc1cncc(-c2cc3c(-c4nc5c(-c6cccc(F)c6)ccnc5[nH]4)n[nH]c3cc2F)c1. The van der Waals surface area contributed by atoms with Gasteiger partial charge in [0.15, 0.2) is 11.5 Å². The minimum Gasteiger partial charge on any atom is -0.374 e. The van der Waals surface area contributed by atoms with Gasteiger partial charge < -0.3 is 15.4 Å². The number of hydrogen-bond acceptors (Lipinski definition) is 6. The van der Waals surface area contributed by atoms with Gasteiger partial charge in [-0.15, -0.1) is 0 Å². The lowest BCUT2D eigenvalue weighted by molar-refractivity contribution is 0.145. The summed E-state index contributed by atoms with van der Waals surface area (Å²) in [6.45, 7) is 6.13. The molecule has 1 unspecified atom stereocenters. The van der Waals surface area contributed by atoms with Gasteiger partial charge in [0.05, 0.1) is 17.4 Å². The van der Waals surface area contributed by atoms with Crippen LogP contribution in [0.2, 0.25) is 0 Å². The van der Waals surface area contributed by atoms with E-state index < -0.39 is 12.0 Å². The number of imidazole rings is 1. The molecule has 0 bridgehead atoms. The first-order valence-corrected chi connectivity index (χ1v) is 12.8. The van der Waals surface area contributed by atoms with Crippen LogP contribution in [0.25, 0.3) is 55.8 Å². The maximum atomic E-state index is 15.3. The summed E-state index contributed by atoms with van der Waals surface area (Å²) in [4.78, 5) is 16.6. The van der Waals surface area contributed by atoms with E-state index in [0.717, 1.165) is 5.56 Å². The summed E-state index contributed by atoms with van der Waals surface area (Å²) in [6, 6.07) is 12.9. The Bertz CT molecular complexity index is 1850. The number of hydrogen-bond donors (Lipinski definition) is 4. The van der Waals surface area contributed by atoms with E-state index in [-0.39, 0.29) is 11.2 Å². The van der Waals surface area contributed by atoms with Crippen LogP contribution in [-0.4, -0.2) is 41.5 Å². The van der Waals surface area contributed by atoms with Crippen LogP contribution in [0.1, 0.15) is 27.2 Å². The van der Waals surface area contributed by atoms with E-state index in [4.69, 9.17) is 4.98 Å². The quantitative estimate of drug-likeness (QED) is 0.176. The zero-order valence-corrected chi connectivity index (χ0v) is 22.1. The lowest BCUT2D eigenvalue weighted by Crippen LogP contribution is -2.25. The molecule has 2 aromatic carbocycles. The number of aliphatic hydroxyl groups excluding tert-OH is 1. The molecule has 202 valence electrons. The Morgan fingerprint density at radius 1 is 1.00 bits per heavy atom. The summed E-state index contributed by atoms with van der Waals surface area (Å²) < 4.78 is 29.2. The zero-order chi connectivity index (χ0) is 28.0. The van der Waals surface area contributed by atoms with Crippen molar-refractivity contribution in [1.29, 1.82) is 0 Å². The summed E-state index contributed by atoms with van der Waals surface area (Å²) >= 11 is 0. The van der Waals surface area contributed by atoms with Crippen molar-refractivity contribution in [2.45, 2.75) is 33.4 Å². The molecule has 0 aliphatic rings. The first kappa shape index (κ1) is 25.6. The Morgan fingerprint density at radius 3 is 2.65 bits per heavy atom. The fourth-order valence-electron chi connectivity index (χ4n) is 4.84. The second-order valence-corrected chi connectivity index (χ2v) is 11.0. The molecule has 0 radical (unpaired) electrons. The van der Waals surface area contributed by atoms with Gasteiger partial charge in [-0.1, -0.05) is 32.9 Å². The molecule has 4 aromatic heterocycles. The molecule has 4 N–H and O–H groups in total. The van der Waals surface area contributed by atoms with E-state index in [2.05, 4.69) is 30.5 Å².